The molecular weight excluding hydrogens is 140 g/mol. The SMILES string of the molecule is C=CCC(CS)CCCC. The first-order valence-electron chi connectivity index (χ1n) is 4.06. The van der Waals surface area contributed by atoms with Gasteiger partial charge in [0.15, 0.2) is 0 Å². The Morgan fingerprint density at radius 2 is 2.30 bits per heavy atom. The Hall–Kier alpha value is 0.0900. The van der Waals surface area contributed by atoms with Gasteiger partial charge in [-0.25, -0.2) is 0 Å². The zero-order chi connectivity index (χ0) is 7.82. The van der Waals surface area contributed by atoms with Crippen molar-refractivity contribution < 1.29 is 0 Å². The Labute approximate surface area is 70.1 Å². The summed E-state index contributed by atoms with van der Waals surface area (Å²) in [5.41, 5.74) is 0. The van der Waals surface area contributed by atoms with Crippen LogP contribution in [-0.4, -0.2) is 5.75 Å². The molecule has 0 aliphatic carbocycles. The van der Waals surface area contributed by atoms with Gasteiger partial charge in [0.05, 0.1) is 0 Å². The van der Waals surface area contributed by atoms with Gasteiger partial charge in [0.1, 0.15) is 0 Å². The molecule has 60 valence electrons. The molecule has 0 aliphatic heterocycles. The fourth-order valence-corrected chi connectivity index (χ4v) is 1.34. The maximum Gasteiger partial charge on any atom is -0.00665 e. The van der Waals surface area contributed by atoms with Gasteiger partial charge < -0.3 is 0 Å². The van der Waals surface area contributed by atoms with E-state index >= 15 is 0 Å². The molecule has 0 radical (unpaired) electrons. The smallest absolute Gasteiger partial charge is 0.00665 e. The lowest BCUT2D eigenvalue weighted by Crippen LogP contribution is -1.99. The summed E-state index contributed by atoms with van der Waals surface area (Å²) in [6.45, 7) is 5.95. The minimum Gasteiger partial charge on any atom is -0.179 e. The maximum atomic E-state index is 4.27. The second-order valence-corrected chi connectivity index (χ2v) is 3.08. The number of hydrogen-bond acceptors (Lipinski definition) is 1. The van der Waals surface area contributed by atoms with Gasteiger partial charge in [-0.1, -0.05) is 25.8 Å². The molecule has 0 saturated heterocycles. The van der Waals surface area contributed by atoms with Crippen LogP contribution in [0.4, 0.5) is 0 Å². The lowest BCUT2D eigenvalue weighted by molar-refractivity contribution is 0.521. The third kappa shape index (κ3) is 4.92. The molecule has 0 rings (SSSR count). The summed E-state index contributed by atoms with van der Waals surface area (Å²) in [4.78, 5) is 0. The lowest BCUT2D eigenvalue weighted by atomic mass is 10.0. The summed E-state index contributed by atoms with van der Waals surface area (Å²) in [5.74, 6) is 1.77. The first-order chi connectivity index (χ1) is 4.85. The predicted molar refractivity (Wildman–Crippen MR) is 51.7 cm³/mol. The third-order valence-electron chi connectivity index (χ3n) is 1.72. The normalized spacial score (nSPS) is 13.0. The third-order valence-corrected chi connectivity index (χ3v) is 2.24. The van der Waals surface area contributed by atoms with Gasteiger partial charge in [-0.2, -0.15) is 12.6 Å². The first kappa shape index (κ1) is 10.1. The van der Waals surface area contributed by atoms with Gasteiger partial charge in [-0.3, -0.25) is 0 Å². The summed E-state index contributed by atoms with van der Waals surface area (Å²) >= 11 is 4.27. The van der Waals surface area contributed by atoms with Crippen molar-refractivity contribution in [2.45, 2.75) is 32.6 Å². The minimum atomic E-state index is 0.765. The summed E-state index contributed by atoms with van der Waals surface area (Å²) in [5, 5.41) is 0. The highest BCUT2D eigenvalue weighted by Gasteiger charge is 2.01. The number of hydrogen-bond donors (Lipinski definition) is 1. The lowest BCUT2D eigenvalue weighted by Gasteiger charge is -2.09. The van der Waals surface area contributed by atoms with Crippen molar-refractivity contribution in [3.63, 3.8) is 0 Å². The van der Waals surface area contributed by atoms with E-state index in [-0.39, 0.29) is 0 Å². The topological polar surface area (TPSA) is 0 Å². The molecule has 1 heteroatoms. The molecule has 0 aliphatic rings. The van der Waals surface area contributed by atoms with Crippen LogP contribution in [0.2, 0.25) is 0 Å². The van der Waals surface area contributed by atoms with Crippen LogP contribution in [0.15, 0.2) is 12.7 Å². The molecule has 0 amide bonds. The quantitative estimate of drug-likeness (QED) is 0.445. The Bertz CT molecular complexity index is 78.8. The van der Waals surface area contributed by atoms with E-state index < -0.39 is 0 Å². The zero-order valence-electron chi connectivity index (χ0n) is 6.84. The van der Waals surface area contributed by atoms with Crippen molar-refractivity contribution in [1.29, 1.82) is 0 Å². The van der Waals surface area contributed by atoms with Crippen LogP contribution in [0.3, 0.4) is 0 Å². The van der Waals surface area contributed by atoms with Crippen molar-refractivity contribution in [2.24, 2.45) is 5.92 Å². The highest BCUT2D eigenvalue weighted by atomic mass is 32.1. The molecule has 0 aromatic rings. The summed E-state index contributed by atoms with van der Waals surface area (Å²) in [7, 11) is 0. The minimum absolute atomic E-state index is 0.765. The molecule has 0 N–H and O–H groups in total. The second-order valence-electron chi connectivity index (χ2n) is 2.72. The standard InChI is InChI=1S/C9H18S/c1-3-5-7-9(8-10)6-4-2/h4,9-10H,2-3,5-8H2,1H3. The number of thiol groups is 1. The summed E-state index contributed by atoms with van der Waals surface area (Å²) in [6, 6.07) is 0. The zero-order valence-corrected chi connectivity index (χ0v) is 7.74. The molecule has 0 bridgehead atoms. The number of unbranched alkanes of at least 4 members (excludes halogenated alkanes) is 1. The van der Waals surface area contributed by atoms with Gasteiger partial charge in [0.25, 0.3) is 0 Å². The average molecular weight is 158 g/mol. The van der Waals surface area contributed by atoms with Crippen LogP contribution in [0.25, 0.3) is 0 Å². The predicted octanol–water partition coefficient (Wildman–Crippen LogP) is 3.30. The van der Waals surface area contributed by atoms with Crippen LogP contribution >= 0.6 is 12.6 Å². The van der Waals surface area contributed by atoms with E-state index in [4.69, 9.17) is 0 Å². The van der Waals surface area contributed by atoms with Gasteiger partial charge in [-0.05, 0) is 24.5 Å². The van der Waals surface area contributed by atoms with E-state index in [1.807, 2.05) is 6.08 Å². The van der Waals surface area contributed by atoms with Crippen molar-refractivity contribution in [3.8, 4) is 0 Å². The molecule has 10 heavy (non-hydrogen) atoms. The highest BCUT2D eigenvalue weighted by Crippen LogP contribution is 2.14. The fourth-order valence-electron chi connectivity index (χ4n) is 1.01. The summed E-state index contributed by atoms with van der Waals surface area (Å²) in [6.07, 6.45) is 7.06. The maximum absolute atomic E-state index is 4.27. The first-order valence-corrected chi connectivity index (χ1v) is 4.70. The number of rotatable bonds is 6. The molecule has 0 aromatic heterocycles. The Kier molecular flexibility index (Phi) is 7.26. The van der Waals surface area contributed by atoms with Crippen LogP contribution in [0.1, 0.15) is 32.6 Å². The van der Waals surface area contributed by atoms with E-state index in [2.05, 4.69) is 26.1 Å². The van der Waals surface area contributed by atoms with Gasteiger partial charge >= 0.3 is 0 Å². The second kappa shape index (κ2) is 7.20. The van der Waals surface area contributed by atoms with Gasteiger partial charge in [0.2, 0.25) is 0 Å². The van der Waals surface area contributed by atoms with E-state index in [0.29, 0.717) is 0 Å². The van der Waals surface area contributed by atoms with Crippen LogP contribution in [0.5, 0.6) is 0 Å². The Morgan fingerprint density at radius 3 is 2.70 bits per heavy atom. The van der Waals surface area contributed by atoms with E-state index in [0.717, 1.165) is 18.1 Å². The molecule has 1 unspecified atom stereocenters. The monoisotopic (exact) mass is 158 g/mol. The van der Waals surface area contributed by atoms with Gasteiger partial charge in [-0.15, -0.1) is 6.58 Å². The molecular formula is C9H18S. The summed E-state index contributed by atoms with van der Waals surface area (Å²) < 4.78 is 0. The van der Waals surface area contributed by atoms with Gasteiger partial charge in [0, 0.05) is 0 Å². The molecule has 0 heterocycles. The molecule has 1 atom stereocenters. The van der Waals surface area contributed by atoms with Crippen LogP contribution in [0, 0.1) is 5.92 Å². The van der Waals surface area contributed by atoms with E-state index in [9.17, 15) is 0 Å². The Morgan fingerprint density at radius 1 is 1.60 bits per heavy atom. The van der Waals surface area contributed by atoms with Crippen molar-refractivity contribution in [2.75, 3.05) is 5.75 Å². The van der Waals surface area contributed by atoms with Crippen LogP contribution in [-0.2, 0) is 0 Å². The molecule has 0 spiro atoms. The molecule has 0 saturated carbocycles. The fraction of sp³-hybridized carbons (Fsp3) is 0.778. The van der Waals surface area contributed by atoms with Crippen molar-refractivity contribution >= 4 is 12.6 Å². The number of allylic oxidation sites excluding steroid dienone is 1. The van der Waals surface area contributed by atoms with E-state index in [1.54, 1.807) is 0 Å². The Balaban J connectivity index is 3.29. The van der Waals surface area contributed by atoms with Crippen molar-refractivity contribution in [1.82, 2.24) is 0 Å². The van der Waals surface area contributed by atoms with Crippen LogP contribution < -0.4 is 0 Å². The molecule has 0 aromatic carbocycles. The van der Waals surface area contributed by atoms with Crippen molar-refractivity contribution in [3.05, 3.63) is 12.7 Å². The molecule has 0 nitrogen and oxygen atoms in total. The highest BCUT2D eigenvalue weighted by molar-refractivity contribution is 7.80. The molecule has 0 fully saturated rings. The average Bonchev–Trinajstić information content (AvgIpc) is 1.98. The largest absolute Gasteiger partial charge is 0.179 e. The van der Waals surface area contributed by atoms with E-state index in [1.165, 1.54) is 19.3 Å².